The number of amides is 1. The van der Waals surface area contributed by atoms with Gasteiger partial charge in [-0.1, -0.05) is 37.8 Å². The van der Waals surface area contributed by atoms with Gasteiger partial charge in [-0.15, -0.1) is 0 Å². The summed E-state index contributed by atoms with van der Waals surface area (Å²) >= 11 is 0. The van der Waals surface area contributed by atoms with E-state index in [0.717, 1.165) is 31.8 Å². The standard InChI is InChI=1S/C18H31NO/c1-3-4-5-6-7-8-15(2)13-19(14-16-9-10-16)18(20)17-11-12-17/h8,16-17H,3-7,9-14H2,1-2H3/b15-8-. The Hall–Kier alpha value is -0.790. The summed E-state index contributed by atoms with van der Waals surface area (Å²) in [6, 6.07) is 0. The van der Waals surface area contributed by atoms with E-state index in [1.807, 2.05) is 0 Å². The monoisotopic (exact) mass is 277 g/mol. The van der Waals surface area contributed by atoms with Crippen molar-refractivity contribution in [1.82, 2.24) is 4.90 Å². The first-order chi connectivity index (χ1) is 9.70. The van der Waals surface area contributed by atoms with Crippen LogP contribution in [0.5, 0.6) is 0 Å². The Labute approximate surface area is 124 Å². The lowest BCUT2D eigenvalue weighted by molar-refractivity contribution is -0.132. The zero-order chi connectivity index (χ0) is 14.4. The fraction of sp³-hybridized carbons (Fsp3) is 0.833. The van der Waals surface area contributed by atoms with E-state index in [0.29, 0.717) is 11.8 Å². The van der Waals surface area contributed by atoms with Crippen LogP contribution in [0, 0.1) is 11.8 Å². The third kappa shape index (κ3) is 5.68. The number of hydrogen-bond donors (Lipinski definition) is 0. The van der Waals surface area contributed by atoms with Crippen LogP contribution in [0.4, 0.5) is 0 Å². The predicted octanol–water partition coefficient (Wildman–Crippen LogP) is 4.55. The van der Waals surface area contributed by atoms with E-state index >= 15 is 0 Å². The molecule has 0 unspecified atom stereocenters. The van der Waals surface area contributed by atoms with Crippen molar-refractivity contribution in [3.8, 4) is 0 Å². The zero-order valence-corrected chi connectivity index (χ0v) is 13.4. The summed E-state index contributed by atoms with van der Waals surface area (Å²) in [5.74, 6) is 1.59. The second-order valence-electron chi connectivity index (χ2n) is 6.84. The molecule has 0 atom stereocenters. The van der Waals surface area contributed by atoms with Crippen LogP contribution in [0.1, 0.15) is 71.6 Å². The fourth-order valence-corrected chi connectivity index (χ4v) is 2.72. The van der Waals surface area contributed by atoms with Crippen molar-refractivity contribution in [2.24, 2.45) is 11.8 Å². The predicted molar refractivity (Wildman–Crippen MR) is 84.5 cm³/mol. The van der Waals surface area contributed by atoms with Gasteiger partial charge in [0.25, 0.3) is 0 Å². The van der Waals surface area contributed by atoms with Crippen LogP contribution in [0.25, 0.3) is 0 Å². The van der Waals surface area contributed by atoms with E-state index in [4.69, 9.17) is 0 Å². The van der Waals surface area contributed by atoms with E-state index in [-0.39, 0.29) is 0 Å². The van der Waals surface area contributed by atoms with Gasteiger partial charge in [-0.3, -0.25) is 4.79 Å². The topological polar surface area (TPSA) is 20.3 Å². The summed E-state index contributed by atoms with van der Waals surface area (Å²) in [7, 11) is 0. The first kappa shape index (κ1) is 15.6. The number of allylic oxidation sites excluding steroid dienone is 1. The van der Waals surface area contributed by atoms with Crippen molar-refractivity contribution in [2.75, 3.05) is 13.1 Å². The molecule has 2 aliphatic carbocycles. The summed E-state index contributed by atoms with van der Waals surface area (Å²) in [5.41, 5.74) is 1.39. The molecule has 1 amide bonds. The second-order valence-corrected chi connectivity index (χ2v) is 6.84. The van der Waals surface area contributed by atoms with Gasteiger partial charge in [-0.05, 0) is 51.4 Å². The Balaban J connectivity index is 1.73. The number of rotatable bonds is 10. The minimum Gasteiger partial charge on any atom is -0.338 e. The first-order valence-corrected chi connectivity index (χ1v) is 8.65. The van der Waals surface area contributed by atoms with Gasteiger partial charge < -0.3 is 4.90 Å². The molecule has 0 aromatic heterocycles. The van der Waals surface area contributed by atoms with E-state index in [1.54, 1.807) is 0 Å². The molecule has 2 heteroatoms. The molecule has 0 aliphatic heterocycles. The normalized spacial score (nSPS) is 19.2. The van der Waals surface area contributed by atoms with Crippen LogP contribution in [-0.4, -0.2) is 23.9 Å². The molecule has 2 aliphatic rings. The number of nitrogens with zero attached hydrogens (tertiary/aromatic N) is 1. The molecule has 2 saturated carbocycles. The summed E-state index contributed by atoms with van der Waals surface area (Å²) in [6.07, 6.45) is 13.7. The van der Waals surface area contributed by atoms with Crippen LogP contribution in [0.15, 0.2) is 11.6 Å². The molecule has 0 saturated heterocycles. The molecular formula is C18H31NO. The van der Waals surface area contributed by atoms with Crippen molar-refractivity contribution in [1.29, 1.82) is 0 Å². The maximum absolute atomic E-state index is 12.3. The third-order valence-electron chi connectivity index (χ3n) is 4.40. The SMILES string of the molecule is CCCCCC/C=C(/C)CN(CC1CC1)C(=O)C1CC1. The molecule has 2 nitrogen and oxygen atoms in total. The highest BCUT2D eigenvalue weighted by Crippen LogP contribution is 2.34. The van der Waals surface area contributed by atoms with E-state index in [1.165, 1.54) is 50.5 Å². The highest BCUT2D eigenvalue weighted by molar-refractivity contribution is 5.81. The van der Waals surface area contributed by atoms with Crippen LogP contribution >= 0.6 is 0 Å². The molecule has 0 bridgehead atoms. The van der Waals surface area contributed by atoms with Crippen molar-refractivity contribution in [3.05, 3.63) is 11.6 Å². The molecule has 114 valence electrons. The number of carbonyl (C=O) groups excluding carboxylic acids is 1. The molecule has 0 spiro atoms. The average molecular weight is 277 g/mol. The third-order valence-corrected chi connectivity index (χ3v) is 4.40. The Morgan fingerprint density at radius 3 is 2.50 bits per heavy atom. The van der Waals surface area contributed by atoms with Gasteiger partial charge in [0.2, 0.25) is 5.91 Å². The smallest absolute Gasteiger partial charge is 0.225 e. The van der Waals surface area contributed by atoms with Gasteiger partial charge >= 0.3 is 0 Å². The Bertz CT molecular complexity index is 339. The number of carbonyl (C=O) groups is 1. The summed E-state index contributed by atoms with van der Waals surface area (Å²) < 4.78 is 0. The first-order valence-electron chi connectivity index (χ1n) is 8.65. The Morgan fingerprint density at radius 2 is 1.90 bits per heavy atom. The Morgan fingerprint density at radius 1 is 1.15 bits per heavy atom. The molecule has 2 fully saturated rings. The molecule has 0 heterocycles. The highest BCUT2D eigenvalue weighted by Gasteiger charge is 2.35. The van der Waals surface area contributed by atoms with Crippen LogP contribution in [0.2, 0.25) is 0 Å². The van der Waals surface area contributed by atoms with Gasteiger partial charge in [0.15, 0.2) is 0 Å². The van der Waals surface area contributed by atoms with Gasteiger partial charge in [-0.2, -0.15) is 0 Å². The van der Waals surface area contributed by atoms with E-state index in [2.05, 4.69) is 24.8 Å². The van der Waals surface area contributed by atoms with Crippen molar-refractivity contribution >= 4 is 5.91 Å². The van der Waals surface area contributed by atoms with Gasteiger partial charge in [0, 0.05) is 19.0 Å². The van der Waals surface area contributed by atoms with E-state index < -0.39 is 0 Å². The maximum Gasteiger partial charge on any atom is 0.225 e. The average Bonchev–Trinajstić information content (AvgIpc) is 3.29. The molecule has 0 aromatic carbocycles. The van der Waals surface area contributed by atoms with Gasteiger partial charge in [0.05, 0.1) is 0 Å². The summed E-state index contributed by atoms with van der Waals surface area (Å²) in [5, 5.41) is 0. The molecular weight excluding hydrogens is 246 g/mol. The van der Waals surface area contributed by atoms with E-state index in [9.17, 15) is 4.79 Å². The van der Waals surface area contributed by atoms with Crippen LogP contribution in [0.3, 0.4) is 0 Å². The lowest BCUT2D eigenvalue weighted by atomic mass is 10.1. The molecule has 0 aromatic rings. The minimum atomic E-state index is 0.367. The van der Waals surface area contributed by atoms with Gasteiger partial charge in [0.1, 0.15) is 0 Å². The summed E-state index contributed by atoms with van der Waals surface area (Å²) in [4.78, 5) is 14.5. The number of hydrogen-bond acceptors (Lipinski definition) is 1. The van der Waals surface area contributed by atoms with Crippen molar-refractivity contribution < 1.29 is 4.79 Å². The zero-order valence-electron chi connectivity index (χ0n) is 13.4. The Kier molecular flexibility index (Phi) is 6.12. The lowest BCUT2D eigenvalue weighted by Crippen LogP contribution is -2.35. The van der Waals surface area contributed by atoms with Crippen molar-refractivity contribution in [3.63, 3.8) is 0 Å². The molecule has 20 heavy (non-hydrogen) atoms. The molecule has 2 rings (SSSR count). The summed E-state index contributed by atoms with van der Waals surface area (Å²) in [6.45, 7) is 6.33. The lowest BCUT2D eigenvalue weighted by Gasteiger charge is -2.23. The van der Waals surface area contributed by atoms with Crippen LogP contribution in [-0.2, 0) is 4.79 Å². The van der Waals surface area contributed by atoms with Crippen molar-refractivity contribution in [2.45, 2.75) is 71.6 Å². The maximum atomic E-state index is 12.3. The molecule has 0 radical (unpaired) electrons. The fourth-order valence-electron chi connectivity index (χ4n) is 2.72. The number of unbranched alkanes of at least 4 members (excludes halogenated alkanes) is 4. The minimum absolute atomic E-state index is 0.367. The second kappa shape index (κ2) is 7.85. The van der Waals surface area contributed by atoms with Crippen LogP contribution < -0.4 is 0 Å². The van der Waals surface area contributed by atoms with Gasteiger partial charge in [-0.25, -0.2) is 0 Å². The largest absolute Gasteiger partial charge is 0.338 e. The quantitative estimate of drug-likeness (QED) is 0.424. The molecule has 0 N–H and O–H groups in total. The highest BCUT2D eigenvalue weighted by atomic mass is 16.2.